The number of hydrogen-bond donors (Lipinski definition) is 2. The van der Waals surface area contributed by atoms with Gasteiger partial charge in [0.1, 0.15) is 9.84 Å². The summed E-state index contributed by atoms with van der Waals surface area (Å²) in [5.74, 6) is 0.909. The molecule has 0 spiro atoms. The monoisotopic (exact) mass is 551 g/mol. The molecule has 1 heterocycles. The Labute approximate surface area is 199 Å². The van der Waals surface area contributed by atoms with Crippen molar-refractivity contribution < 1.29 is 8.42 Å². The molecule has 1 fully saturated rings. The van der Waals surface area contributed by atoms with Crippen molar-refractivity contribution in [3.8, 4) is 0 Å². The van der Waals surface area contributed by atoms with Crippen LogP contribution in [0.5, 0.6) is 0 Å². The summed E-state index contributed by atoms with van der Waals surface area (Å²) in [4.78, 5) is 9.22. The van der Waals surface area contributed by atoms with Crippen LogP contribution in [0.2, 0.25) is 0 Å². The van der Waals surface area contributed by atoms with Crippen LogP contribution in [0.25, 0.3) is 0 Å². The first-order chi connectivity index (χ1) is 13.8. The summed E-state index contributed by atoms with van der Waals surface area (Å²) < 4.78 is 22.6. The first-order valence-electron chi connectivity index (χ1n) is 10.4. The van der Waals surface area contributed by atoms with Crippen LogP contribution in [-0.4, -0.2) is 89.0 Å². The average Bonchev–Trinajstić information content (AvgIpc) is 2.69. The summed E-state index contributed by atoms with van der Waals surface area (Å²) in [6, 6.07) is 11.2. The number of benzene rings is 1. The maximum absolute atomic E-state index is 11.3. The van der Waals surface area contributed by atoms with Crippen molar-refractivity contribution in [2.24, 2.45) is 4.99 Å². The smallest absolute Gasteiger partial charge is 0.191 e. The van der Waals surface area contributed by atoms with E-state index < -0.39 is 9.84 Å². The molecule has 0 radical (unpaired) electrons. The van der Waals surface area contributed by atoms with Crippen molar-refractivity contribution >= 4 is 39.8 Å². The molecule has 0 bridgehead atoms. The third-order valence-corrected chi connectivity index (χ3v) is 6.30. The largest absolute Gasteiger partial charge is 0.356 e. The number of aliphatic imine (C=N–C) groups is 1. The van der Waals surface area contributed by atoms with Crippen LogP contribution in [0, 0.1) is 0 Å². The van der Waals surface area contributed by atoms with Crippen molar-refractivity contribution in [3.05, 3.63) is 35.9 Å². The van der Waals surface area contributed by atoms with Gasteiger partial charge in [0, 0.05) is 58.1 Å². The SMILES string of the molecule is CN=C(NCCCN1CCN(C)CC1c1ccccc1)NC(C)CCS(C)(=O)=O.I. The van der Waals surface area contributed by atoms with E-state index in [1.54, 1.807) is 7.05 Å². The fourth-order valence-electron chi connectivity index (χ4n) is 3.60. The molecule has 1 aliphatic heterocycles. The van der Waals surface area contributed by atoms with Crippen LogP contribution in [0.1, 0.15) is 31.4 Å². The van der Waals surface area contributed by atoms with Gasteiger partial charge in [0.2, 0.25) is 0 Å². The van der Waals surface area contributed by atoms with Gasteiger partial charge in [0.05, 0.1) is 5.75 Å². The lowest BCUT2D eigenvalue weighted by Gasteiger charge is -2.40. The number of guanidine groups is 1. The Morgan fingerprint density at radius 1 is 1.27 bits per heavy atom. The zero-order valence-electron chi connectivity index (χ0n) is 18.7. The van der Waals surface area contributed by atoms with Gasteiger partial charge in [-0.1, -0.05) is 30.3 Å². The highest BCUT2D eigenvalue weighted by Crippen LogP contribution is 2.24. The summed E-state index contributed by atoms with van der Waals surface area (Å²) in [7, 11) is 0.994. The lowest BCUT2D eigenvalue weighted by Crippen LogP contribution is -2.48. The molecular weight excluding hydrogens is 513 g/mol. The summed E-state index contributed by atoms with van der Waals surface area (Å²) in [5.41, 5.74) is 1.38. The van der Waals surface area contributed by atoms with Gasteiger partial charge in [-0.15, -0.1) is 24.0 Å². The highest BCUT2D eigenvalue weighted by Gasteiger charge is 2.25. The van der Waals surface area contributed by atoms with Gasteiger partial charge in [-0.2, -0.15) is 0 Å². The fraction of sp³-hybridized carbons (Fsp3) is 0.667. The number of halogens is 1. The molecule has 2 unspecified atom stereocenters. The zero-order valence-corrected chi connectivity index (χ0v) is 21.8. The van der Waals surface area contributed by atoms with Crippen molar-refractivity contribution in [1.82, 2.24) is 20.4 Å². The second-order valence-corrected chi connectivity index (χ2v) is 10.3. The van der Waals surface area contributed by atoms with Crippen LogP contribution in [-0.2, 0) is 9.84 Å². The number of sulfone groups is 1. The highest BCUT2D eigenvalue weighted by molar-refractivity contribution is 14.0. The molecule has 0 saturated carbocycles. The second kappa shape index (κ2) is 13.5. The van der Waals surface area contributed by atoms with Gasteiger partial charge in [-0.3, -0.25) is 9.89 Å². The van der Waals surface area contributed by atoms with E-state index in [-0.39, 0.29) is 35.8 Å². The topological polar surface area (TPSA) is 77.0 Å². The summed E-state index contributed by atoms with van der Waals surface area (Å²) in [6.07, 6.45) is 2.86. The molecule has 172 valence electrons. The first-order valence-corrected chi connectivity index (χ1v) is 12.5. The van der Waals surface area contributed by atoms with Gasteiger partial charge >= 0.3 is 0 Å². The Morgan fingerprint density at radius 2 is 1.97 bits per heavy atom. The van der Waals surface area contributed by atoms with E-state index in [0.717, 1.165) is 45.1 Å². The number of rotatable bonds is 9. The molecule has 2 atom stereocenters. The van der Waals surface area contributed by atoms with E-state index in [9.17, 15) is 8.42 Å². The lowest BCUT2D eigenvalue weighted by atomic mass is 10.0. The van der Waals surface area contributed by atoms with Crippen LogP contribution in [0.4, 0.5) is 0 Å². The second-order valence-electron chi connectivity index (χ2n) is 8.04. The number of piperazine rings is 1. The Balaban J connectivity index is 0.00000450. The third-order valence-electron chi connectivity index (χ3n) is 5.32. The number of nitrogens with one attached hydrogen (secondary N) is 2. The number of likely N-dealkylation sites (N-methyl/N-ethyl adjacent to an activating group) is 1. The summed E-state index contributed by atoms with van der Waals surface area (Å²) in [5, 5.41) is 6.63. The predicted molar refractivity (Wildman–Crippen MR) is 137 cm³/mol. The minimum atomic E-state index is -2.94. The third kappa shape index (κ3) is 9.93. The molecule has 1 saturated heterocycles. The molecule has 2 N–H and O–H groups in total. The minimum absolute atomic E-state index is 0. The Morgan fingerprint density at radius 3 is 2.60 bits per heavy atom. The maximum Gasteiger partial charge on any atom is 0.191 e. The van der Waals surface area contributed by atoms with Gasteiger partial charge < -0.3 is 15.5 Å². The lowest BCUT2D eigenvalue weighted by molar-refractivity contribution is 0.0891. The van der Waals surface area contributed by atoms with Crippen molar-refractivity contribution in [2.75, 3.05) is 58.8 Å². The molecule has 0 amide bonds. The maximum atomic E-state index is 11.3. The average molecular weight is 552 g/mol. The minimum Gasteiger partial charge on any atom is -0.356 e. The quantitative estimate of drug-likeness (QED) is 0.212. The van der Waals surface area contributed by atoms with Crippen molar-refractivity contribution in [1.29, 1.82) is 0 Å². The zero-order chi connectivity index (χ0) is 21.3. The molecular formula is C21H38IN5O2S. The Bertz CT molecular complexity index is 745. The van der Waals surface area contributed by atoms with Crippen molar-refractivity contribution in [2.45, 2.75) is 31.8 Å². The molecule has 1 aromatic carbocycles. The Kier molecular flexibility index (Phi) is 12.2. The number of hydrogen-bond acceptors (Lipinski definition) is 5. The van der Waals surface area contributed by atoms with E-state index >= 15 is 0 Å². The van der Waals surface area contributed by atoms with Gasteiger partial charge in [-0.25, -0.2) is 8.42 Å². The molecule has 0 aliphatic carbocycles. The normalized spacial score (nSPS) is 19.7. The Hall–Kier alpha value is -0.910. The van der Waals surface area contributed by atoms with Crippen LogP contribution in [0.3, 0.4) is 0 Å². The first kappa shape index (κ1) is 27.1. The highest BCUT2D eigenvalue weighted by atomic mass is 127. The van der Waals surface area contributed by atoms with E-state index in [0.29, 0.717) is 12.5 Å². The molecule has 1 aromatic rings. The summed E-state index contributed by atoms with van der Waals surface area (Å²) in [6.45, 7) is 7.06. The van der Waals surface area contributed by atoms with Crippen molar-refractivity contribution in [3.63, 3.8) is 0 Å². The molecule has 1 aliphatic rings. The van der Waals surface area contributed by atoms with E-state index in [4.69, 9.17) is 0 Å². The van der Waals surface area contributed by atoms with Crippen LogP contribution >= 0.6 is 24.0 Å². The fourth-order valence-corrected chi connectivity index (χ4v) is 4.38. The molecule has 2 rings (SSSR count). The van der Waals surface area contributed by atoms with E-state index in [2.05, 4.69) is 62.8 Å². The summed E-state index contributed by atoms with van der Waals surface area (Å²) >= 11 is 0. The van der Waals surface area contributed by atoms with E-state index in [1.165, 1.54) is 11.8 Å². The van der Waals surface area contributed by atoms with Gasteiger partial charge in [0.15, 0.2) is 5.96 Å². The number of nitrogens with zero attached hydrogens (tertiary/aromatic N) is 3. The van der Waals surface area contributed by atoms with Gasteiger partial charge in [-0.05, 0) is 32.4 Å². The standard InChI is InChI=1S/C21H37N5O2S.HI/c1-18(11-16-29(4,27)28)24-21(22-2)23-12-8-13-26-15-14-25(3)17-20(26)19-9-6-5-7-10-19;/h5-7,9-10,18,20H,8,11-17H2,1-4H3,(H2,22,23,24);1H. The molecule has 30 heavy (non-hydrogen) atoms. The van der Waals surface area contributed by atoms with E-state index in [1.807, 2.05) is 6.92 Å². The molecule has 0 aromatic heterocycles. The van der Waals surface area contributed by atoms with Crippen LogP contribution in [0.15, 0.2) is 35.3 Å². The van der Waals surface area contributed by atoms with Crippen LogP contribution < -0.4 is 10.6 Å². The molecule has 9 heteroatoms. The molecule has 7 nitrogen and oxygen atoms in total. The van der Waals surface area contributed by atoms with Gasteiger partial charge in [0.25, 0.3) is 0 Å². The predicted octanol–water partition coefficient (Wildman–Crippen LogP) is 1.97.